The van der Waals surface area contributed by atoms with Crippen LogP contribution in [0.1, 0.15) is 22.3 Å². The Morgan fingerprint density at radius 3 is 2.56 bits per heavy atom. The van der Waals surface area contributed by atoms with E-state index in [9.17, 15) is 4.79 Å². The summed E-state index contributed by atoms with van der Waals surface area (Å²) in [7, 11) is 1.66. The molecule has 0 aromatic heterocycles. The predicted molar refractivity (Wildman–Crippen MR) is 69.2 cm³/mol. The number of methoxy groups -OCH3 is 1. The molecule has 1 amide bonds. The Kier molecular flexibility index (Phi) is 5.12. The average Bonchev–Trinajstić information content (AvgIpc) is 2.37. The van der Waals surface area contributed by atoms with Gasteiger partial charge in [-0.1, -0.05) is 0 Å². The number of hydrogen-bond acceptors (Lipinski definition) is 4. The number of carbonyl (C=O) groups is 1. The first kappa shape index (κ1) is 14.5. The highest BCUT2D eigenvalue weighted by molar-refractivity contribution is 5.76. The maximum absolute atomic E-state index is 11.0. The van der Waals surface area contributed by atoms with Crippen LogP contribution in [0.2, 0.25) is 0 Å². The van der Waals surface area contributed by atoms with Crippen molar-refractivity contribution in [2.24, 2.45) is 5.84 Å². The summed E-state index contributed by atoms with van der Waals surface area (Å²) in [5.74, 6) is 5.51. The lowest BCUT2D eigenvalue weighted by Gasteiger charge is -2.16. The molecule has 1 rings (SSSR count). The van der Waals surface area contributed by atoms with E-state index in [1.165, 1.54) is 0 Å². The SMILES string of the molecule is COc1cc(C)c(COCC(=O)NN)c(C)c1C. The molecule has 5 heteroatoms. The van der Waals surface area contributed by atoms with Crippen LogP contribution in [0.15, 0.2) is 6.07 Å². The lowest BCUT2D eigenvalue weighted by Crippen LogP contribution is -2.33. The van der Waals surface area contributed by atoms with Crippen molar-refractivity contribution >= 4 is 5.91 Å². The van der Waals surface area contributed by atoms with Crippen molar-refractivity contribution in [2.75, 3.05) is 13.7 Å². The summed E-state index contributed by atoms with van der Waals surface area (Å²) < 4.78 is 10.6. The predicted octanol–water partition coefficient (Wildman–Crippen LogP) is 1.13. The van der Waals surface area contributed by atoms with Crippen LogP contribution in [0.25, 0.3) is 0 Å². The topological polar surface area (TPSA) is 73.6 Å². The highest BCUT2D eigenvalue weighted by Gasteiger charge is 2.11. The zero-order chi connectivity index (χ0) is 13.7. The van der Waals surface area contributed by atoms with E-state index in [0.29, 0.717) is 6.61 Å². The van der Waals surface area contributed by atoms with E-state index >= 15 is 0 Å². The minimum Gasteiger partial charge on any atom is -0.496 e. The average molecular weight is 252 g/mol. The highest BCUT2D eigenvalue weighted by atomic mass is 16.5. The highest BCUT2D eigenvalue weighted by Crippen LogP contribution is 2.27. The second-order valence-corrected chi connectivity index (χ2v) is 4.18. The summed E-state index contributed by atoms with van der Waals surface area (Å²) in [6.07, 6.45) is 0. The van der Waals surface area contributed by atoms with E-state index in [2.05, 4.69) is 0 Å². The number of aryl methyl sites for hydroxylation is 1. The molecule has 0 bridgehead atoms. The van der Waals surface area contributed by atoms with E-state index < -0.39 is 0 Å². The number of ether oxygens (including phenoxy) is 2. The Balaban J connectivity index is 2.83. The van der Waals surface area contributed by atoms with Crippen LogP contribution in [-0.4, -0.2) is 19.6 Å². The van der Waals surface area contributed by atoms with Crippen molar-refractivity contribution in [2.45, 2.75) is 27.4 Å². The van der Waals surface area contributed by atoms with E-state index in [0.717, 1.165) is 28.0 Å². The van der Waals surface area contributed by atoms with Crippen molar-refractivity contribution in [3.05, 3.63) is 28.3 Å². The third-order valence-corrected chi connectivity index (χ3v) is 3.07. The van der Waals surface area contributed by atoms with E-state index in [1.807, 2.05) is 32.3 Å². The number of hydrazine groups is 1. The molecule has 0 aliphatic carbocycles. The van der Waals surface area contributed by atoms with E-state index in [-0.39, 0.29) is 12.5 Å². The van der Waals surface area contributed by atoms with Gasteiger partial charge in [-0.15, -0.1) is 0 Å². The normalized spacial score (nSPS) is 10.3. The number of nitrogens with one attached hydrogen (secondary N) is 1. The fourth-order valence-corrected chi connectivity index (χ4v) is 1.82. The summed E-state index contributed by atoms with van der Waals surface area (Å²) >= 11 is 0. The molecule has 0 radical (unpaired) electrons. The van der Waals surface area contributed by atoms with Crippen LogP contribution < -0.4 is 16.0 Å². The van der Waals surface area contributed by atoms with E-state index in [4.69, 9.17) is 15.3 Å². The molecule has 0 saturated carbocycles. The molecule has 100 valence electrons. The van der Waals surface area contributed by atoms with Crippen LogP contribution in [0.5, 0.6) is 5.75 Å². The van der Waals surface area contributed by atoms with Gasteiger partial charge in [-0.3, -0.25) is 10.2 Å². The van der Waals surface area contributed by atoms with Gasteiger partial charge in [0.25, 0.3) is 5.91 Å². The number of carbonyl (C=O) groups excluding carboxylic acids is 1. The number of rotatable bonds is 5. The van der Waals surface area contributed by atoms with Crippen molar-refractivity contribution in [3.63, 3.8) is 0 Å². The minimum absolute atomic E-state index is 0.0412. The van der Waals surface area contributed by atoms with Gasteiger partial charge in [0, 0.05) is 0 Å². The fourth-order valence-electron chi connectivity index (χ4n) is 1.82. The molecule has 0 atom stereocenters. The summed E-state index contributed by atoms with van der Waals surface area (Å²) in [5, 5.41) is 0. The molecule has 18 heavy (non-hydrogen) atoms. The van der Waals surface area contributed by atoms with Gasteiger partial charge >= 0.3 is 0 Å². The standard InChI is InChI=1S/C13H20N2O3/c1-8-5-12(17-4)10(3)9(2)11(8)6-18-7-13(16)15-14/h5H,6-7,14H2,1-4H3,(H,15,16). The number of amides is 1. The first-order chi connectivity index (χ1) is 8.51. The molecule has 0 fully saturated rings. The monoisotopic (exact) mass is 252 g/mol. The first-order valence-corrected chi connectivity index (χ1v) is 5.72. The van der Waals surface area contributed by atoms with Gasteiger partial charge in [-0.25, -0.2) is 5.84 Å². The van der Waals surface area contributed by atoms with Gasteiger partial charge in [0.05, 0.1) is 13.7 Å². The van der Waals surface area contributed by atoms with E-state index in [1.54, 1.807) is 7.11 Å². The zero-order valence-corrected chi connectivity index (χ0v) is 11.3. The number of benzene rings is 1. The summed E-state index contributed by atoms with van der Waals surface area (Å²) in [4.78, 5) is 11.0. The molecule has 0 aliphatic heterocycles. The molecule has 0 saturated heterocycles. The molecule has 0 unspecified atom stereocenters. The smallest absolute Gasteiger partial charge is 0.259 e. The molecular formula is C13H20N2O3. The van der Waals surface area contributed by atoms with Crippen molar-refractivity contribution < 1.29 is 14.3 Å². The van der Waals surface area contributed by atoms with Gasteiger partial charge in [0.15, 0.2) is 0 Å². The van der Waals surface area contributed by atoms with Crippen molar-refractivity contribution in [3.8, 4) is 5.75 Å². The Hall–Kier alpha value is -1.59. The minimum atomic E-state index is -0.337. The van der Waals surface area contributed by atoms with Gasteiger partial charge in [-0.05, 0) is 49.1 Å². The van der Waals surface area contributed by atoms with Gasteiger partial charge < -0.3 is 9.47 Å². The molecule has 5 nitrogen and oxygen atoms in total. The van der Waals surface area contributed by atoms with Crippen molar-refractivity contribution in [1.82, 2.24) is 5.43 Å². The lowest BCUT2D eigenvalue weighted by atomic mass is 9.98. The molecular weight excluding hydrogens is 232 g/mol. The summed E-state index contributed by atoms with van der Waals surface area (Å²) in [5.41, 5.74) is 6.41. The number of hydrogen-bond donors (Lipinski definition) is 2. The van der Waals surface area contributed by atoms with Crippen LogP contribution in [0, 0.1) is 20.8 Å². The second-order valence-electron chi connectivity index (χ2n) is 4.18. The molecule has 3 N–H and O–H groups in total. The zero-order valence-electron chi connectivity index (χ0n) is 11.3. The van der Waals surface area contributed by atoms with Crippen LogP contribution in [0.3, 0.4) is 0 Å². The van der Waals surface area contributed by atoms with Crippen molar-refractivity contribution in [1.29, 1.82) is 0 Å². The largest absolute Gasteiger partial charge is 0.496 e. The van der Waals surface area contributed by atoms with Crippen LogP contribution >= 0.6 is 0 Å². The Morgan fingerprint density at radius 2 is 2.00 bits per heavy atom. The second kappa shape index (κ2) is 6.37. The fraction of sp³-hybridized carbons (Fsp3) is 0.462. The summed E-state index contributed by atoms with van der Waals surface area (Å²) in [6, 6.07) is 1.98. The Morgan fingerprint density at radius 1 is 1.33 bits per heavy atom. The van der Waals surface area contributed by atoms with Crippen LogP contribution in [0.4, 0.5) is 0 Å². The first-order valence-electron chi connectivity index (χ1n) is 5.72. The molecule has 0 spiro atoms. The Labute approximate surface area is 107 Å². The van der Waals surface area contributed by atoms with Crippen LogP contribution in [-0.2, 0) is 16.1 Å². The maximum atomic E-state index is 11.0. The third-order valence-electron chi connectivity index (χ3n) is 3.07. The summed E-state index contributed by atoms with van der Waals surface area (Å²) in [6.45, 7) is 6.36. The lowest BCUT2D eigenvalue weighted by molar-refractivity contribution is -0.126. The molecule has 1 aromatic carbocycles. The quantitative estimate of drug-likeness (QED) is 0.468. The molecule has 0 aliphatic rings. The number of nitrogens with two attached hydrogens (primary N) is 1. The van der Waals surface area contributed by atoms with Gasteiger partial charge in [0.2, 0.25) is 0 Å². The van der Waals surface area contributed by atoms with Gasteiger partial charge in [-0.2, -0.15) is 0 Å². The molecule has 0 heterocycles. The maximum Gasteiger partial charge on any atom is 0.259 e. The molecule has 1 aromatic rings. The Bertz CT molecular complexity index is 444. The van der Waals surface area contributed by atoms with Gasteiger partial charge in [0.1, 0.15) is 12.4 Å². The third kappa shape index (κ3) is 3.21.